The highest BCUT2D eigenvalue weighted by Crippen LogP contribution is 2.37. The van der Waals surface area contributed by atoms with Gasteiger partial charge in [0.15, 0.2) is 0 Å². The van der Waals surface area contributed by atoms with Crippen molar-refractivity contribution in [3.8, 4) is 0 Å². The van der Waals surface area contributed by atoms with Crippen LogP contribution in [-0.2, 0) is 14.8 Å². The average molecular weight is 427 g/mol. The molecule has 1 saturated heterocycles. The van der Waals surface area contributed by atoms with Gasteiger partial charge in [-0.15, -0.1) is 0 Å². The summed E-state index contributed by atoms with van der Waals surface area (Å²) in [5.41, 5.74) is 1.07. The van der Waals surface area contributed by atoms with E-state index in [-0.39, 0.29) is 23.5 Å². The number of benzene rings is 2. The zero-order chi connectivity index (χ0) is 21.4. The first-order chi connectivity index (χ1) is 13.5. The van der Waals surface area contributed by atoms with Gasteiger partial charge in [0.1, 0.15) is 6.17 Å². The number of hydrogen-bond acceptors (Lipinski definition) is 4. The van der Waals surface area contributed by atoms with E-state index in [1.807, 2.05) is 0 Å². The van der Waals surface area contributed by atoms with E-state index >= 15 is 0 Å². The van der Waals surface area contributed by atoms with Gasteiger partial charge in [-0.25, -0.2) is 8.42 Å². The zero-order valence-corrected chi connectivity index (χ0v) is 16.6. The molecule has 2 aromatic carbocycles. The van der Waals surface area contributed by atoms with Crippen molar-refractivity contribution >= 4 is 21.6 Å². The fourth-order valence-corrected chi connectivity index (χ4v) is 4.84. The number of alkyl halides is 3. The Morgan fingerprint density at radius 1 is 1.00 bits per heavy atom. The molecule has 156 valence electrons. The number of nitrogens with zero attached hydrogens (tertiary/aromatic N) is 3. The van der Waals surface area contributed by atoms with Crippen LogP contribution < -0.4 is 4.90 Å². The molecule has 1 aliphatic rings. The highest BCUT2D eigenvalue weighted by atomic mass is 32.2. The minimum Gasteiger partial charge on any atom is -0.378 e. The number of hydrogen-bond donors (Lipinski definition) is 0. The maximum atomic E-state index is 13.1. The number of sulfonamides is 1. The van der Waals surface area contributed by atoms with Gasteiger partial charge in [-0.05, 0) is 29.8 Å². The van der Waals surface area contributed by atoms with Crippen LogP contribution in [0.1, 0.15) is 11.7 Å². The van der Waals surface area contributed by atoms with E-state index in [0.717, 1.165) is 9.99 Å². The number of amides is 1. The maximum absolute atomic E-state index is 13.1. The molecule has 3 rings (SSSR count). The summed E-state index contributed by atoms with van der Waals surface area (Å²) >= 11 is 0. The predicted molar refractivity (Wildman–Crippen MR) is 102 cm³/mol. The predicted octanol–water partition coefficient (Wildman–Crippen LogP) is 2.85. The summed E-state index contributed by atoms with van der Waals surface area (Å²) in [5.74, 6) is -2.06. The molecule has 6 nitrogen and oxygen atoms in total. The summed E-state index contributed by atoms with van der Waals surface area (Å²) in [6.07, 6.45) is -6.49. The molecule has 0 spiro atoms. The van der Waals surface area contributed by atoms with Crippen molar-refractivity contribution in [3.05, 3.63) is 60.2 Å². The first-order valence-corrected chi connectivity index (χ1v) is 10.2. The van der Waals surface area contributed by atoms with Crippen LogP contribution in [0.4, 0.5) is 18.9 Å². The number of carbonyl (C=O) groups is 1. The minimum atomic E-state index is -5.10. The molecule has 0 aromatic heterocycles. The van der Waals surface area contributed by atoms with Crippen molar-refractivity contribution in [3.63, 3.8) is 0 Å². The standard InChI is InChI=1S/C19H20F3N3O3S/c1-23(2)15-10-8-14(9-11-15)17-24(18(26)19(20,21)22)12-13-25(17)29(27,28)16-6-4-3-5-7-16/h3-11,17H,12-13H2,1-2H3/t17-/m0/s1. The molecule has 1 aliphatic heterocycles. The number of halogens is 3. The minimum absolute atomic E-state index is 0.0452. The van der Waals surface area contributed by atoms with Crippen LogP contribution in [0.15, 0.2) is 59.5 Å². The largest absolute Gasteiger partial charge is 0.471 e. The second-order valence-electron chi connectivity index (χ2n) is 6.78. The van der Waals surface area contributed by atoms with Crippen molar-refractivity contribution in [1.82, 2.24) is 9.21 Å². The summed E-state index contributed by atoms with van der Waals surface area (Å²) in [6.45, 7) is -0.594. The Balaban J connectivity index is 2.07. The SMILES string of the molecule is CN(C)c1ccc([C@H]2N(C(=O)C(F)(F)F)CCN2S(=O)(=O)c2ccccc2)cc1. The van der Waals surface area contributed by atoms with Crippen molar-refractivity contribution in [2.45, 2.75) is 17.2 Å². The number of carbonyl (C=O) groups excluding carboxylic acids is 1. The van der Waals surface area contributed by atoms with E-state index in [1.165, 1.54) is 36.4 Å². The lowest BCUT2D eigenvalue weighted by Crippen LogP contribution is -2.43. The summed E-state index contributed by atoms with van der Waals surface area (Å²) in [6, 6.07) is 13.8. The lowest BCUT2D eigenvalue weighted by atomic mass is 10.1. The number of rotatable bonds is 4. The molecule has 1 atom stereocenters. The molecule has 1 amide bonds. The molecule has 10 heteroatoms. The first-order valence-electron chi connectivity index (χ1n) is 8.75. The van der Waals surface area contributed by atoms with E-state index in [9.17, 15) is 26.4 Å². The van der Waals surface area contributed by atoms with Gasteiger partial charge in [0.05, 0.1) is 4.90 Å². The van der Waals surface area contributed by atoms with Crippen molar-refractivity contribution in [1.29, 1.82) is 0 Å². The second kappa shape index (κ2) is 7.68. The Morgan fingerprint density at radius 3 is 2.10 bits per heavy atom. The van der Waals surface area contributed by atoms with Crippen molar-refractivity contribution in [2.75, 3.05) is 32.1 Å². The Bertz CT molecular complexity index is 977. The third kappa shape index (κ3) is 4.08. The van der Waals surface area contributed by atoms with Gasteiger partial charge in [-0.2, -0.15) is 17.5 Å². The van der Waals surface area contributed by atoms with Gasteiger partial charge < -0.3 is 9.80 Å². The molecule has 0 aliphatic carbocycles. The lowest BCUT2D eigenvalue weighted by molar-refractivity contribution is -0.187. The lowest BCUT2D eigenvalue weighted by Gasteiger charge is -2.30. The average Bonchev–Trinajstić information content (AvgIpc) is 3.13. The monoisotopic (exact) mass is 427 g/mol. The molecule has 2 aromatic rings. The van der Waals surface area contributed by atoms with Crippen LogP contribution in [0.25, 0.3) is 0 Å². The highest BCUT2D eigenvalue weighted by molar-refractivity contribution is 7.89. The third-order valence-electron chi connectivity index (χ3n) is 4.69. The summed E-state index contributed by atoms with van der Waals surface area (Å²) < 4.78 is 66.6. The van der Waals surface area contributed by atoms with E-state index in [4.69, 9.17) is 0 Å². The zero-order valence-electron chi connectivity index (χ0n) is 15.8. The molecule has 0 N–H and O–H groups in total. The van der Waals surface area contributed by atoms with Crippen LogP contribution in [0, 0.1) is 0 Å². The van der Waals surface area contributed by atoms with Gasteiger partial charge in [0.25, 0.3) is 0 Å². The Hall–Kier alpha value is -2.59. The third-order valence-corrected chi connectivity index (χ3v) is 6.56. The Morgan fingerprint density at radius 2 is 1.59 bits per heavy atom. The Kier molecular flexibility index (Phi) is 5.59. The molecular weight excluding hydrogens is 407 g/mol. The summed E-state index contributed by atoms with van der Waals surface area (Å²) in [7, 11) is -0.509. The van der Waals surface area contributed by atoms with Crippen LogP contribution in [0.3, 0.4) is 0 Å². The van der Waals surface area contributed by atoms with Crippen LogP contribution in [-0.4, -0.2) is 56.9 Å². The molecule has 0 bridgehead atoms. The van der Waals surface area contributed by atoms with Gasteiger partial charge >= 0.3 is 12.1 Å². The van der Waals surface area contributed by atoms with Crippen molar-refractivity contribution < 1.29 is 26.4 Å². The van der Waals surface area contributed by atoms with Crippen LogP contribution >= 0.6 is 0 Å². The molecule has 0 saturated carbocycles. The molecule has 0 radical (unpaired) electrons. The second-order valence-corrected chi connectivity index (χ2v) is 8.68. The molecular formula is C19H20F3N3O3S. The quantitative estimate of drug-likeness (QED) is 0.753. The van der Waals surface area contributed by atoms with Gasteiger partial charge in [-0.1, -0.05) is 30.3 Å². The first kappa shape index (κ1) is 21.1. The van der Waals surface area contributed by atoms with E-state index < -0.39 is 28.3 Å². The fraction of sp³-hybridized carbons (Fsp3) is 0.316. The maximum Gasteiger partial charge on any atom is 0.471 e. The fourth-order valence-electron chi connectivity index (χ4n) is 3.25. The smallest absolute Gasteiger partial charge is 0.378 e. The van der Waals surface area contributed by atoms with E-state index in [2.05, 4.69) is 0 Å². The van der Waals surface area contributed by atoms with Gasteiger partial charge in [-0.3, -0.25) is 4.79 Å². The van der Waals surface area contributed by atoms with E-state index in [0.29, 0.717) is 4.90 Å². The molecule has 1 fully saturated rings. The molecule has 29 heavy (non-hydrogen) atoms. The normalized spacial score (nSPS) is 18.1. The van der Waals surface area contributed by atoms with Crippen LogP contribution in [0.5, 0.6) is 0 Å². The number of anilines is 1. The van der Waals surface area contributed by atoms with Gasteiger partial charge in [0, 0.05) is 32.9 Å². The molecule has 0 unspecified atom stereocenters. The topological polar surface area (TPSA) is 60.9 Å². The van der Waals surface area contributed by atoms with Crippen molar-refractivity contribution in [2.24, 2.45) is 0 Å². The van der Waals surface area contributed by atoms with Gasteiger partial charge in [0.2, 0.25) is 10.0 Å². The Labute approximate surface area is 167 Å². The molecule has 1 heterocycles. The highest BCUT2D eigenvalue weighted by Gasteiger charge is 2.51. The van der Waals surface area contributed by atoms with E-state index in [1.54, 1.807) is 37.2 Å². The summed E-state index contributed by atoms with van der Waals surface area (Å²) in [5, 5.41) is 0. The van der Waals surface area contributed by atoms with Crippen LogP contribution in [0.2, 0.25) is 0 Å². The summed E-state index contributed by atoms with van der Waals surface area (Å²) in [4.78, 5) is 14.3.